The molecule has 3 heterocycles. The highest BCUT2D eigenvalue weighted by Gasteiger charge is 2.49. The number of nitrogens with two attached hydrogens (primary N) is 1. The Labute approximate surface area is 225 Å². The summed E-state index contributed by atoms with van der Waals surface area (Å²) in [6, 6.07) is 11.6. The summed E-state index contributed by atoms with van der Waals surface area (Å²) in [4.78, 5) is 55.0. The molecule has 3 aliphatic heterocycles. The number of allylic oxidation sites excluding steroid dienone is 1. The van der Waals surface area contributed by atoms with E-state index in [1.165, 1.54) is 11.1 Å². The van der Waals surface area contributed by atoms with Gasteiger partial charge in [0.15, 0.2) is 0 Å². The molecule has 202 valence electrons. The van der Waals surface area contributed by atoms with Gasteiger partial charge in [0.2, 0.25) is 11.8 Å². The van der Waals surface area contributed by atoms with Gasteiger partial charge in [0.1, 0.15) is 12.3 Å². The third-order valence-electron chi connectivity index (χ3n) is 7.88. The van der Waals surface area contributed by atoms with E-state index in [2.05, 4.69) is 5.32 Å². The maximum Gasteiger partial charge on any atom is 0.329 e. The second-order valence-corrected chi connectivity index (χ2v) is 9.92. The number of imide groups is 1. The number of carbonyl (C=O) groups excluding carboxylic acids is 4. The van der Waals surface area contributed by atoms with Crippen LogP contribution in [0, 0.1) is 10.8 Å². The van der Waals surface area contributed by atoms with Crippen molar-refractivity contribution in [1.82, 2.24) is 10.2 Å². The van der Waals surface area contributed by atoms with Crippen molar-refractivity contribution in [2.45, 2.75) is 19.3 Å². The lowest BCUT2D eigenvalue weighted by Crippen LogP contribution is -2.46. The number of anilines is 2. The molecule has 11 nitrogen and oxygen atoms in total. The molecule has 3 aliphatic rings. The number of nitrogens with zero attached hydrogens (tertiary/aromatic N) is 3. The van der Waals surface area contributed by atoms with Crippen LogP contribution >= 0.6 is 0 Å². The Hall–Kier alpha value is -4.67. The Morgan fingerprint density at radius 3 is 2.26 bits per heavy atom. The Bertz CT molecular complexity index is 1380. The highest BCUT2D eigenvalue weighted by molar-refractivity contribution is 6.12. The number of piperidine rings is 1. The molecule has 3 fully saturated rings. The Morgan fingerprint density at radius 2 is 1.67 bits per heavy atom. The van der Waals surface area contributed by atoms with E-state index in [0.717, 1.165) is 11.9 Å². The van der Waals surface area contributed by atoms with Crippen molar-refractivity contribution in [3.05, 3.63) is 59.8 Å². The molecular weight excluding hydrogens is 500 g/mol. The normalized spacial score (nSPS) is 19.1. The molecule has 5 rings (SSSR count). The largest absolute Gasteiger partial charge is 0.496 e. The summed E-state index contributed by atoms with van der Waals surface area (Å²) < 4.78 is 5.51. The van der Waals surface area contributed by atoms with Gasteiger partial charge in [-0.05, 0) is 55.7 Å². The van der Waals surface area contributed by atoms with Gasteiger partial charge in [-0.2, -0.15) is 0 Å². The molecule has 2 aromatic carbocycles. The third kappa shape index (κ3) is 4.60. The zero-order valence-electron chi connectivity index (χ0n) is 21.6. The average molecular weight is 531 g/mol. The summed E-state index contributed by atoms with van der Waals surface area (Å²) in [6.07, 6.45) is 4.36. The average Bonchev–Trinajstić information content (AvgIpc) is 3.47. The van der Waals surface area contributed by atoms with Crippen LogP contribution in [-0.2, 0) is 9.59 Å². The molecule has 39 heavy (non-hydrogen) atoms. The first-order valence-electron chi connectivity index (χ1n) is 12.7. The van der Waals surface area contributed by atoms with Crippen LogP contribution in [0.25, 0.3) is 5.57 Å². The number of rotatable bonds is 6. The molecule has 0 bridgehead atoms. The molecule has 0 saturated carbocycles. The van der Waals surface area contributed by atoms with Gasteiger partial charge in [0, 0.05) is 66.2 Å². The van der Waals surface area contributed by atoms with E-state index in [-0.39, 0.29) is 24.3 Å². The number of hydrogen-bond donors (Lipinski definition) is 3. The van der Waals surface area contributed by atoms with Crippen molar-refractivity contribution in [1.29, 1.82) is 5.41 Å². The van der Waals surface area contributed by atoms with Crippen molar-refractivity contribution in [3.63, 3.8) is 0 Å². The van der Waals surface area contributed by atoms with Crippen LogP contribution in [0.5, 0.6) is 5.75 Å². The molecule has 1 spiro atoms. The first kappa shape index (κ1) is 26.0. The predicted octanol–water partition coefficient (Wildman–Crippen LogP) is 2.36. The molecule has 0 atom stereocenters. The second kappa shape index (κ2) is 10.2. The molecule has 0 radical (unpaired) electrons. The molecule has 0 unspecified atom stereocenters. The van der Waals surface area contributed by atoms with Crippen molar-refractivity contribution in [2.24, 2.45) is 11.1 Å². The highest BCUT2D eigenvalue weighted by Crippen LogP contribution is 2.44. The zero-order valence-corrected chi connectivity index (χ0v) is 21.6. The first-order chi connectivity index (χ1) is 18.8. The summed E-state index contributed by atoms with van der Waals surface area (Å²) in [5.74, 6) is 0.0916. The van der Waals surface area contributed by atoms with Crippen LogP contribution in [0.15, 0.2) is 48.7 Å². The fourth-order valence-corrected chi connectivity index (χ4v) is 5.59. The van der Waals surface area contributed by atoms with E-state index in [0.29, 0.717) is 67.0 Å². The predicted molar refractivity (Wildman–Crippen MR) is 146 cm³/mol. The molecule has 11 heteroatoms. The van der Waals surface area contributed by atoms with Gasteiger partial charge in [-0.15, -0.1) is 0 Å². The molecule has 4 N–H and O–H groups in total. The second-order valence-electron chi connectivity index (χ2n) is 9.92. The van der Waals surface area contributed by atoms with Gasteiger partial charge >= 0.3 is 6.03 Å². The monoisotopic (exact) mass is 530 g/mol. The number of amides is 5. The summed E-state index contributed by atoms with van der Waals surface area (Å²) in [7, 11) is 1.54. The maximum atomic E-state index is 13.6. The van der Waals surface area contributed by atoms with Crippen LogP contribution in [-0.4, -0.2) is 68.2 Å². The summed E-state index contributed by atoms with van der Waals surface area (Å²) in [5.41, 5.74) is 8.08. The molecule has 0 aliphatic carbocycles. The van der Waals surface area contributed by atoms with Crippen molar-refractivity contribution in [2.75, 3.05) is 43.1 Å². The van der Waals surface area contributed by atoms with Gasteiger partial charge < -0.3 is 25.7 Å². The standard InChI is InChI=1S/C28H30N6O5/c1-39-23-14-21(6-7-22(23)19(15-29)16-30)33-13-10-28(26(33)37)8-11-32(12-9-28)25(36)18-2-4-20(5-3-18)34-17-24(35)31-27(34)38/h2-7,14-16,29H,8-13,17,30H2,1H3,(H,31,35,38)/b19-16+,29-15?. The maximum absolute atomic E-state index is 13.6. The number of benzene rings is 2. The van der Waals surface area contributed by atoms with Crippen molar-refractivity contribution < 1.29 is 23.9 Å². The van der Waals surface area contributed by atoms with Gasteiger partial charge in [-0.3, -0.25) is 24.6 Å². The van der Waals surface area contributed by atoms with E-state index in [9.17, 15) is 19.2 Å². The van der Waals surface area contributed by atoms with Crippen molar-refractivity contribution in [3.8, 4) is 5.75 Å². The number of ether oxygens (including phenoxy) is 1. The number of likely N-dealkylation sites (tertiary alicyclic amines) is 1. The summed E-state index contributed by atoms with van der Waals surface area (Å²) in [5, 5.41) is 9.80. The topological polar surface area (TPSA) is 149 Å². The molecule has 0 aromatic heterocycles. The van der Waals surface area contributed by atoms with Crippen LogP contribution < -0.4 is 25.6 Å². The minimum atomic E-state index is -0.514. The quantitative estimate of drug-likeness (QED) is 0.386. The Balaban J connectivity index is 1.24. The number of hydrogen-bond acceptors (Lipinski definition) is 7. The van der Waals surface area contributed by atoms with Crippen LogP contribution in [0.4, 0.5) is 16.2 Å². The Morgan fingerprint density at radius 1 is 1.00 bits per heavy atom. The summed E-state index contributed by atoms with van der Waals surface area (Å²) >= 11 is 0. The third-order valence-corrected chi connectivity index (χ3v) is 7.88. The van der Waals surface area contributed by atoms with E-state index >= 15 is 0 Å². The van der Waals surface area contributed by atoms with Gasteiger partial charge in [0.25, 0.3) is 5.91 Å². The van der Waals surface area contributed by atoms with E-state index in [1.54, 1.807) is 53.3 Å². The van der Waals surface area contributed by atoms with E-state index in [1.807, 2.05) is 6.07 Å². The molecular formula is C28H30N6O5. The van der Waals surface area contributed by atoms with Crippen LogP contribution in [0.2, 0.25) is 0 Å². The van der Waals surface area contributed by atoms with E-state index < -0.39 is 11.4 Å². The minimum Gasteiger partial charge on any atom is -0.496 e. The molecule has 2 aromatic rings. The Kier molecular flexibility index (Phi) is 6.81. The number of methoxy groups -OCH3 is 1. The molecule has 3 saturated heterocycles. The lowest BCUT2D eigenvalue weighted by molar-refractivity contribution is -0.127. The smallest absolute Gasteiger partial charge is 0.329 e. The molecule has 5 amide bonds. The number of carbonyl (C=O) groups is 4. The van der Waals surface area contributed by atoms with Crippen LogP contribution in [0.3, 0.4) is 0 Å². The van der Waals surface area contributed by atoms with Crippen molar-refractivity contribution >= 4 is 46.9 Å². The van der Waals surface area contributed by atoms with Gasteiger partial charge in [-0.1, -0.05) is 0 Å². The van der Waals surface area contributed by atoms with Crippen LogP contribution in [0.1, 0.15) is 35.2 Å². The van der Waals surface area contributed by atoms with Gasteiger partial charge in [-0.25, -0.2) is 4.79 Å². The van der Waals surface area contributed by atoms with E-state index in [4.69, 9.17) is 15.9 Å². The summed E-state index contributed by atoms with van der Waals surface area (Å²) in [6.45, 7) is 1.47. The lowest BCUT2D eigenvalue weighted by Gasteiger charge is -2.38. The van der Waals surface area contributed by atoms with Gasteiger partial charge in [0.05, 0.1) is 12.5 Å². The number of nitrogens with one attached hydrogen (secondary N) is 2. The zero-order chi connectivity index (χ0) is 27.7. The highest BCUT2D eigenvalue weighted by atomic mass is 16.5. The SMILES string of the molecule is COc1cc(N2CCC3(CCN(C(=O)c4ccc(N5CC(=O)NC5=O)cc4)CC3)C2=O)ccc1/C(C=N)=C/N. The first-order valence-corrected chi connectivity index (χ1v) is 12.7. The fourth-order valence-electron chi connectivity index (χ4n) is 5.59. The minimum absolute atomic E-state index is 0.0438. The number of urea groups is 1. The lowest BCUT2D eigenvalue weighted by atomic mass is 9.77. The fraction of sp³-hybridized carbons (Fsp3) is 0.321.